The highest BCUT2D eigenvalue weighted by atomic mass is 32.2. The smallest absolute Gasteiger partial charge is 0.241 e. The number of pyridine rings is 1. The average molecular weight is 348 g/mol. The number of anilines is 1. The van der Waals surface area contributed by atoms with Gasteiger partial charge < -0.3 is 10.2 Å². The molecule has 0 saturated carbocycles. The summed E-state index contributed by atoms with van der Waals surface area (Å²) in [6.45, 7) is 2.19. The maximum absolute atomic E-state index is 12.4. The number of piperazine rings is 1. The van der Waals surface area contributed by atoms with Gasteiger partial charge in [0.15, 0.2) is 0 Å². The van der Waals surface area contributed by atoms with Gasteiger partial charge in [-0.3, -0.25) is 9.78 Å². The van der Waals surface area contributed by atoms with Gasteiger partial charge in [-0.15, -0.1) is 0 Å². The van der Waals surface area contributed by atoms with Gasteiger partial charge in [0.25, 0.3) is 0 Å². The number of benzene rings is 1. The molecule has 0 bridgehead atoms. The minimum Gasteiger partial charge on any atom is -0.323 e. The molecule has 8 heteroatoms. The van der Waals surface area contributed by atoms with E-state index in [0.29, 0.717) is 37.4 Å². The first-order valence-corrected chi connectivity index (χ1v) is 9.36. The zero-order valence-corrected chi connectivity index (χ0v) is 14.3. The van der Waals surface area contributed by atoms with Gasteiger partial charge >= 0.3 is 0 Å². The van der Waals surface area contributed by atoms with Gasteiger partial charge in [-0.25, -0.2) is 8.42 Å². The van der Waals surface area contributed by atoms with Crippen LogP contribution in [0.2, 0.25) is 0 Å². The van der Waals surface area contributed by atoms with Crippen molar-refractivity contribution in [3.63, 3.8) is 0 Å². The highest BCUT2D eigenvalue weighted by Crippen LogP contribution is 2.20. The van der Waals surface area contributed by atoms with Gasteiger partial charge in [0.1, 0.15) is 5.75 Å². The van der Waals surface area contributed by atoms with Crippen molar-refractivity contribution in [1.29, 1.82) is 0 Å². The Kier molecular flexibility index (Phi) is 4.79. The zero-order chi connectivity index (χ0) is 17.2. The Hall–Kier alpha value is -2.03. The summed E-state index contributed by atoms with van der Waals surface area (Å²) in [6.07, 6.45) is 1.64. The van der Waals surface area contributed by atoms with Crippen LogP contribution in [-0.2, 0) is 14.8 Å². The summed E-state index contributed by atoms with van der Waals surface area (Å²) < 4.78 is 26.2. The quantitative estimate of drug-likeness (QED) is 0.882. The van der Waals surface area contributed by atoms with Crippen LogP contribution < -0.4 is 5.32 Å². The van der Waals surface area contributed by atoms with Crippen molar-refractivity contribution in [2.45, 2.75) is 0 Å². The summed E-state index contributed by atoms with van der Waals surface area (Å²) in [5.74, 6) is -1.10. The second-order valence-corrected chi connectivity index (χ2v) is 7.86. The third kappa shape index (κ3) is 3.72. The molecule has 1 aromatic carbocycles. The molecule has 1 amide bonds. The van der Waals surface area contributed by atoms with Gasteiger partial charge in [-0.1, -0.05) is 18.2 Å². The number of nitrogens with zero attached hydrogens (tertiary/aromatic N) is 3. The molecule has 24 heavy (non-hydrogen) atoms. The summed E-state index contributed by atoms with van der Waals surface area (Å²) in [6, 6.07) is 9.11. The lowest BCUT2D eigenvalue weighted by atomic mass is 10.2. The molecule has 3 rings (SSSR count). The molecule has 128 valence electrons. The van der Waals surface area contributed by atoms with Crippen LogP contribution >= 0.6 is 0 Å². The second-order valence-electron chi connectivity index (χ2n) is 5.89. The van der Waals surface area contributed by atoms with Crippen molar-refractivity contribution >= 4 is 32.5 Å². The SMILES string of the molecule is CN1CCN(S(=O)(=O)CC(=O)Nc2cccc3cccnc23)CC1. The monoisotopic (exact) mass is 348 g/mol. The van der Waals surface area contributed by atoms with Crippen LogP contribution in [0.1, 0.15) is 0 Å². The van der Waals surface area contributed by atoms with E-state index < -0.39 is 21.7 Å². The Balaban J connectivity index is 1.71. The number of rotatable bonds is 4. The van der Waals surface area contributed by atoms with E-state index in [4.69, 9.17) is 0 Å². The molecule has 1 aromatic heterocycles. The van der Waals surface area contributed by atoms with Crippen molar-refractivity contribution in [3.05, 3.63) is 36.5 Å². The molecule has 1 aliphatic heterocycles. The summed E-state index contributed by atoms with van der Waals surface area (Å²) in [7, 11) is -1.66. The Bertz CT molecular complexity index is 840. The largest absolute Gasteiger partial charge is 0.323 e. The fourth-order valence-corrected chi connectivity index (χ4v) is 4.02. The molecule has 1 fully saturated rings. The fraction of sp³-hybridized carbons (Fsp3) is 0.375. The fourth-order valence-electron chi connectivity index (χ4n) is 2.71. The van der Waals surface area contributed by atoms with E-state index in [-0.39, 0.29) is 0 Å². The van der Waals surface area contributed by atoms with E-state index in [2.05, 4.69) is 15.2 Å². The molecule has 1 saturated heterocycles. The van der Waals surface area contributed by atoms with E-state index in [1.807, 2.05) is 25.2 Å². The minimum absolute atomic E-state index is 0.419. The first kappa shape index (κ1) is 16.8. The maximum atomic E-state index is 12.4. The highest BCUT2D eigenvalue weighted by Gasteiger charge is 2.28. The molecule has 0 spiro atoms. The van der Waals surface area contributed by atoms with Crippen LogP contribution in [0, 0.1) is 0 Å². The van der Waals surface area contributed by atoms with Gasteiger partial charge in [-0.2, -0.15) is 4.31 Å². The summed E-state index contributed by atoms with van der Waals surface area (Å²) in [4.78, 5) is 18.5. The zero-order valence-electron chi connectivity index (χ0n) is 13.5. The van der Waals surface area contributed by atoms with Gasteiger partial charge in [-0.05, 0) is 19.2 Å². The standard InChI is InChI=1S/C16H20N4O3S/c1-19-8-10-20(11-9-19)24(22,23)12-15(21)18-14-6-2-4-13-5-3-7-17-16(13)14/h2-7H,8-12H2,1H3,(H,18,21). The Morgan fingerprint density at radius 3 is 2.62 bits per heavy atom. The van der Waals surface area contributed by atoms with E-state index in [1.165, 1.54) is 4.31 Å². The van der Waals surface area contributed by atoms with Crippen LogP contribution in [0.5, 0.6) is 0 Å². The minimum atomic E-state index is -3.61. The first-order valence-electron chi connectivity index (χ1n) is 7.76. The number of para-hydroxylation sites is 1. The Labute approximate surface area is 141 Å². The Morgan fingerprint density at radius 1 is 1.17 bits per heavy atom. The van der Waals surface area contributed by atoms with Gasteiger partial charge in [0.2, 0.25) is 15.9 Å². The number of likely N-dealkylation sites (N-methyl/N-ethyl adjacent to an activating group) is 1. The lowest BCUT2D eigenvalue weighted by molar-refractivity contribution is -0.113. The normalized spacial score (nSPS) is 17.0. The molecule has 2 aromatic rings. The number of hydrogen-bond acceptors (Lipinski definition) is 5. The van der Waals surface area contributed by atoms with E-state index in [9.17, 15) is 13.2 Å². The predicted octanol–water partition coefficient (Wildman–Crippen LogP) is 0.750. The van der Waals surface area contributed by atoms with Crippen LogP contribution in [0.4, 0.5) is 5.69 Å². The lowest BCUT2D eigenvalue weighted by Gasteiger charge is -2.31. The van der Waals surface area contributed by atoms with Crippen molar-refractivity contribution < 1.29 is 13.2 Å². The van der Waals surface area contributed by atoms with Crippen LogP contribution in [-0.4, -0.2) is 67.5 Å². The molecular weight excluding hydrogens is 328 g/mol. The number of sulfonamides is 1. The molecule has 0 atom stereocenters. The van der Waals surface area contributed by atoms with Crippen molar-refractivity contribution in [2.24, 2.45) is 0 Å². The average Bonchev–Trinajstić information content (AvgIpc) is 2.55. The predicted molar refractivity (Wildman–Crippen MR) is 93.2 cm³/mol. The summed E-state index contributed by atoms with van der Waals surface area (Å²) >= 11 is 0. The summed E-state index contributed by atoms with van der Waals surface area (Å²) in [5, 5.41) is 3.56. The lowest BCUT2D eigenvalue weighted by Crippen LogP contribution is -2.48. The van der Waals surface area contributed by atoms with Crippen molar-refractivity contribution in [1.82, 2.24) is 14.2 Å². The van der Waals surface area contributed by atoms with Gasteiger partial charge in [0, 0.05) is 37.8 Å². The Morgan fingerprint density at radius 2 is 1.88 bits per heavy atom. The third-order valence-electron chi connectivity index (χ3n) is 4.08. The van der Waals surface area contributed by atoms with E-state index in [0.717, 1.165) is 5.39 Å². The number of amides is 1. The number of aromatic nitrogens is 1. The van der Waals surface area contributed by atoms with Crippen molar-refractivity contribution in [2.75, 3.05) is 44.3 Å². The molecule has 1 aliphatic rings. The van der Waals surface area contributed by atoms with E-state index >= 15 is 0 Å². The van der Waals surface area contributed by atoms with Crippen LogP contribution in [0.25, 0.3) is 10.9 Å². The molecule has 0 aliphatic carbocycles. The number of fused-ring (bicyclic) bond motifs is 1. The number of nitrogens with one attached hydrogen (secondary N) is 1. The second kappa shape index (κ2) is 6.84. The van der Waals surface area contributed by atoms with E-state index in [1.54, 1.807) is 18.3 Å². The van der Waals surface area contributed by atoms with Gasteiger partial charge in [0.05, 0.1) is 11.2 Å². The molecule has 2 heterocycles. The number of hydrogen-bond donors (Lipinski definition) is 1. The topological polar surface area (TPSA) is 82.6 Å². The summed E-state index contributed by atoms with van der Waals surface area (Å²) in [5.41, 5.74) is 1.16. The van der Waals surface area contributed by atoms with Crippen LogP contribution in [0.15, 0.2) is 36.5 Å². The van der Waals surface area contributed by atoms with Crippen molar-refractivity contribution in [3.8, 4) is 0 Å². The molecule has 7 nitrogen and oxygen atoms in total. The molecular formula is C16H20N4O3S. The molecule has 0 unspecified atom stereocenters. The molecule has 1 N–H and O–H groups in total. The van der Waals surface area contributed by atoms with Crippen LogP contribution in [0.3, 0.4) is 0 Å². The third-order valence-corrected chi connectivity index (χ3v) is 5.85. The first-order chi connectivity index (χ1) is 11.5. The highest BCUT2D eigenvalue weighted by molar-refractivity contribution is 7.89. The number of carbonyl (C=O) groups is 1. The number of carbonyl (C=O) groups excluding carboxylic acids is 1. The maximum Gasteiger partial charge on any atom is 0.241 e. The molecule has 0 radical (unpaired) electrons.